The largest absolute Gasteiger partial charge is 0.337 e. The zero-order valence-electron chi connectivity index (χ0n) is 15.4. The number of anilines is 1. The van der Waals surface area contributed by atoms with Gasteiger partial charge >= 0.3 is 0 Å². The van der Waals surface area contributed by atoms with Gasteiger partial charge in [0.05, 0.1) is 16.5 Å². The highest BCUT2D eigenvalue weighted by molar-refractivity contribution is 7.22. The Morgan fingerprint density at radius 3 is 2.79 bits per heavy atom. The highest BCUT2D eigenvalue weighted by Crippen LogP contribution is 2.30. The molecule has 2 aromatic carbocycles. The summed E-state index contributed by atoms with van der Waals surface area (Å²) in [4.78, 5) is 23.5. The number of benzene rings is 2. The molecule has 2 heterocycles. The Morgan fingerprint density at radius 2 is 2.04 bits per heavy atom. The minimum atomic E-state index is -0.362. The zero-order chi connectivity index (χ0) is 19.5. The molecule has 0 unspecified atom stereocenters. The average Bonchev–Trinajstić information content (AvgIpc) is 3.34. The van der Waals surface area contributed by atoms with E-state index in [1.54, 1.807) is 17.4 Å². The second-order valence-corrected chi connectivity index (χ2v) is 7.59. The molecule has 0 bridgehead atoms. The lowest BCUT2D eigenvalue weighted by Gasteiger charge is -2.20. The third-order valence-corrected chi connectivity index (χ3v) is 5.50. The Balaban J connectivity index is 1.62. The predicted octanol–water partition coefficient (Wildman–Crippen LogP) is 4.68. The van der Waals surface area contributed by atoms with Crippen LogP contribution in [0.5, 0.6) is 0 Å². The van der Waals surface area contributed by atoms with Crippen LogP contribution in [-0.4, -0.2) is 27.0 Å². The van der Waals surface area contributed by atoms with Gasteiger partial charge in [0.15, 0.2) is 5.13 Å². The van der Waals surface area contributed by atoms with E-state index < -0.39 is 0 Å². The fraction of sp³-hybridized carbons (Fsp3) is 0.190. The van der Waals surface area contributed by atoms with Gasteiger partial charge in [-0.05, 0) is 55.3 Å². The third-order valence-electron chi connectivity index (χ3n) is 4.46. The Hall–Kier alpha value is -3.06. The van der Waals surface area contributed by atoms with Crippen LogP contribution in [0.2, 0.25) is 0 Å². The lowest BCUT2D eigenvalue weighted by molar-refractivity contribution is 0.0986. The summed E-state index contributed by atoms with van der Waals surface area (Å²) in [5.74, 6) is -0.542. The normalized spacial score (nSPS) is 11.1. The number of imidazole rings is 1. The Morgan fingerprint density at radius 1 is 1.21 bits per heavy atom. The maximum atomic E-state index is 13.3. The number of amides is 1. The van der Waals surface area contributed by atoms with Crippen molar-refractivity contribution >= 4 is 32.6 Å². The number of fused-ring (bicyclic) bond motifs is 1. The van der Waals surface area contributed by atoms with Crippen LogP contribution < -0.4 is 4.90 Å². The number of halogens is 1. The van der Waals surface area contributed by atoms with E-state index >= 15 is 0 Å². The molecule has 0 aliphatic heterocycles. The molecule has 0 N–H and O–H groups in total. The zero-order valence-corrected chi connectivity index (χ0v) is 16.2. The molecule has 4 rings (SSSR count). The summed E-state index contributed by atoms with van der Waals surface area (Å²) in [5, 5.41) is 0.653. The molecule has 4 aromatic rings. The number of carbonyl (C=O) groups is 1. The van der Waals surface area contributed by atoms with Crippen molar-refractivity contribution in [1.29, 1.82) is 0 Å². The molecule has 0 aliphatic rings. The van der Waals surface area contributed by atoms with Crippen molar-refractivity contribution in [3.05, 3.63) is 78.1 Å². The van der Waals surface area contributed by atoms with E-state index in [1.165, 1.54) is 35.6 Å². The molecule has 5 nitrogen and oxygen atoms in total. The van der Waals surface area contributed by atoms with E-state index in [1.807, 2.05) is 29.8 Å². The van der Waals surface area contributed by atoms with Crippen LogP contribution >= 0.6 is 11.3 Å². The van der Waals surface area contributed by atoms with Gasteiger partial charge in [0.2, 0.25) is 0 Å². The maximum absolute atomic E-state index is 13.3. The van der Waals surface area contributed by atoms with Crippen molar-refractivity contribution in [2.75, 3.05) is 11.4 Å². The lowest BCUT2D eigenvalue weighted by atomic mass is 10.2. The molecule has 28 heavy (non-hydrogen) atoms. The molecule has 0 atom stereocenters. The minimum Gasteiger partial charge on any atom is -0.337 e. The van der Waals surface area contributed by atoms with Crippen molar-refractivity contribution in [2.24, 2.45) is 0 Å². The number of aryl methyl sites for hydroxylation is 2. The Bertz CT molecular complexity index is 1090. The van der Waals surface area contributed by atoms with Gasteiger partial charge in [0, 0.05) is 31.0 Å². The Labute approximate surface area is 166 Å². The highest BCUT2D eigenvalue weighted by atomic mass is 32.1. The highest BCUT2D eigenvalue weighted by Gasteiger charge is 2.21. The lowest BCUT2D eigenvalue weighted by Crippen LogP contribution is -2.32. The van der Waals surface area contributed by atoms with Crippen LogP contribution in [0.15, 0.2) is 61.2 Å². The topological polar surface area (TPSA) is 51.0 Å². The number of rotatable bonds is 6. The summed E-state index contributed by atoms with van der Waals surface area (Å²) >= 11 is 1.49. The van der Waals surface area contributed by atoms with Gasteiger partial charge in [0.1, 0.15) is 5.82 Å². The predicted molar refractivity (Wildman–Crippen MR) is 109 cm³/mol. The van der Waals surface area contributed by atoms with Crippen molar-refractivity contribution in [2.45, 2.75) is 19.9 Å². The quantitative estimate of drug-likeness (QED) is 0.477. The molecule has 7 heteroatoms. The minimum absolute atomic E-state index is 0.179. The van der Waals surface area contributed by atoms with Crippen LogP contribution in [0.25, 0.3) is 10.2 Å². The summed E-state index contributed by atoms with van der Waals surface area (Å²) in [5.41, 5.74) is 2.47. The van der Waals surface area contributed by atoms with Gasteiger partial charge in [-0.1, -0.05) is 17.4 Å². The molecular weight excluding hydrogens is 375 g/mol. The van der Waals surface area contributed by atoms with Gasteiger partial charge in [-0.15, -0.1) is 0 Å². The summed E-state index contributed by atoms with van der Waals surface area (Å²) in [6.45, 7) is 3.29. The fourth-order valence-electron chi connectivity index (χ4n) is 3.00. The van der Waals surface area contributed by atoms with Crippen molar-refractivity contribution in [3.63, 3.8) is 0 Å². The number of aromatic nitrogens is 3. The second kappa shape index (κ2) is 7.90. The van der Waals surface area contributed by atoms with Gasteiger partial charge < -0.3 is 4.57 Å². The smallest absolute Gasteiger partial charge is 0.260 e. The first-order valence-electron chi connectivity index (χ1n) is 9.00. The van der Waals surface area contributed by atoms with Crippen LogP contribution in [0, 0.1) is 12.7 Å². The SMILES string of the molecule is Cc1ccc2nc(N(CCCn3ccnc3)C(=O)c3ccc(F)cc3)sc2c1. The van der Waals surface area contributed by atoms with E-state index in [0.717, 1.165) is 28.7 Å². The summed E-state index contributed by atoms with van der Waals surface area (Å²) in [6.07, 6.45) is 6.13. The molecular formula is C21H19FN4OS. The van der Waals surface area contributed by atoms with Crippen molar-refractivity contribution < 1.29 is 9.18 Å². The van der Waals surface area contributed by atoms with Crippen molar-refractivity contribution in [1.82, 2.24) is 14.5 Å². The monoisotopic (exact) mass is 394 g/mol. The third kappa shape index (κ3) is 3.94. The van der Waals surface area contributed by atoms with E-state index in [2.05, 4.69) is 16.0 Å². The fourth-order valence-corrected chi connectivity index (χ4v) is 4.09. The maximum Gasteiger partial charge on any atom is 0.260 e. The first kappa shape index (κ1) is 18.3. The second-order valence-electron chi connectivity index (χ2n) is 6.59. The molecule has 0 saturated heterocycles. The molecule has 2 aromatic heterocycles. The molecule has 0 aliphatic carbocycles. The number of hydrogen-bond donors (Lipinski definition) is 0. The van der Waals surface area contributed by atoms with Gasteiger partial charge in [-0.2, -0.15) is 0 Å². The van der Waals surface area contributed by atoms with E-state index in [-0.39, 0.29) is 11.7 Å². The van der Waals surface area contributed by atoms with Gasteiger partial charge in [-0.3, -0.25) is 9.69 Å². The molecule has 1 amide bonds. The van der Waals surface area contributed by atoms with Gasteiger partial charge in [0.25, 0.3) is 5.91 Å². The van der Waals surface area contributed by atoms with Crippen LogP contribution in [-0.2, 0) is 6.54 Å². The Kier molecular flexibility index (Phi) is 5.16. The summed E-state index contributed by atoms with van der Waals surface area (Å²) in [7, 11) is 0. The van der Waals surface area contributed by atoms with E-state index in [4.69, 9.17) is 0 Å². The van der Waals surface area contributed by atoms with Crippen LogP contribution in [0.4, 0.5) is 9.52 Å². The van der Waals surface area contributed by atoms with Crippen LogP contribution in [0.1, 0.15) is 22.3 Å². The summed E-state index contributed by atoms with van der Waals surface area (Å²) < 4.78 is 16.3. The first-order chi connectivity index (χ1) is 13.6. The number of carbonyl (C=O) groups excluding carboxylic acids is 1. The molecule has 0 fully saturated rings. The number of thiazole rings is 1. The summed E-state index contributed by atoms with van der Waals surface area (Å²) in [6, 6.07) is 11.7. The van der Waals surface area contributed by atoms with E-state index in [9.17, 15) is 9.18 Å². The van der Waals surface area contributed by atoms with E-state index in [0.29, 0.717) is 17.2 Å². The molecule has 0 radical (unpaired) electrons. The molecule has 0 saturated carbocycles. The molecule has 0 spiro atoms. The molecule has 142 valence electrons. The average molecular weight is 394 g/mol. The standard InChI is InChI=1S/C21H19FN4OS/c1-15-3-8-18-19(13-15)28-21(24-18)26(11-2-10-25-12-9-23-14-25)20(27)16-4-6-17(22)7-5-16/h3-9,12-14H,2,10-11H2,1H3. The van der Waals surface area contributed by atoms with Crippen LogP contribution in [0.3, 0.4) is 0 Å². The van der Waals surface area contributed by atoms with Crippen molar-refractivity contribution in [3.8, 4) is 0 Å². The number of nitrogens with zero attached hydrogens (tertiary/aromatic N) is 4. The number of hydrogen-bond acceptors (Lipinski definition) is 4. The van der Waals surface area contributed by atoms with Gasteiger partial charge in [-0.25, -0.2) is 14.4 Å². The first-order valence-corrected chi connectivity index (χ1v) is 9.82.